The van der Waals surface area contributed by atoms with Gasteiger partial charge in [-0.2, -0.15) is 5.10 Å². The number of aromatic nitrogens is 2. The molecule has 120 valence electrons. The van der Waals surface area contributed by atoms with Crippen molar-refractivity contribution in [2.75, 3.05) is 6.61 Å². The second-order valence-corrected chi connectivity index (χ2v) is 6.77. The van der Waals surface area contributed by atoms with Crippen LogP contribution in [0.25, 0.3) is 0 Å². The van der Waals surface area contributed by atoms with Gasteiger partial charge < -0.3 is 4.74 Å². The van der Waals surface area contributed by atoms with Crippen molar-refractivity contribution >= 4 is 10.0 Å². The Kier molecular flexibility index (Phi) is 4.87. The first-order valence-corrected chi connectivity index (χ1v) is 8.55. The molecule has 0 amide bonds. The van der Waals surface area contributed by atoms with Crippen LogP contribution in [-0.4, -0.2) is 24.8 Å². The van der Waals surface area contributed by atoms with Crippen molar-refractivity contribution in [2.24, 2.45) is 7.05 Å². The Morgan fingerprint density at radius 2 is 1.86 bits per heavy atom. The number of rotatable bonds is 6. The Balaban J connectivity index is 2.14. The highest BCUT2D eigenvalue weighted by molar-refractivity contribution is 7.89. The molecule has 0 aliphatic rings. The number of aryl methyl sites for hydroxylation is 2. The molecular weight excluding hydrogens is 302 g/mol. The number of benzene rings is 1. The Morgan fingerprint density at radius 3 is 2.36 bits per heavy atom. The Hall–Kier alpha value is -1.86. The van der Waals surface area contributed by atoms with Crippen molar-refractivity contribution in [3.8, 4) is 5.75 Å². The van der Waals surface area contributed by atoms with Crippen LogP contribution < -0.4 is 9.46 Å². The van der Waals surface area contributed by atoms with Gasteiger partial charge in [0.2, 0.25) is 10.0 Å². The molecule has 1 aromatic heterocycles. The summed E-state index contributed by atoms with van der Waals surface area (Å²) in [4.78, 5) is 0.218. The van der Waals surface area contributed by atoms with E-state index in [1.54, 1.807) is 16.8 Å². The highest BCUT2D eigenvalue weighted by Crippen LogP contribution is 2.17. The average Bonchev–Trinajstić information content (AvgIpc) is 2.71. The summed E-state index contributed by atoms with van der Waals surface area (Å²) in [6.07, 6.45) is 0. The zero-order chi connectivity index (χ0) is 16.3. The minimum absolute atomic E-state index is 0.218. The first-order valence-electron chi connectivity index (χ1n) is 7.06. The standard InChI is InChI=1S/C15H21N3O3S/c1-5-21-13-6-8-14(9-7-13)22(19,20)16-10-15-11(2)17-18(4)12(15)3/h6-9,16H,5,10H2,1-4H3. The molecule has 1 aromatic carbocycles. The lowest BCUT2D eigenvalue weighted by Gasteiger charge is -2.08. The fraction of sp³-hybridized carbons (Fsp3) is 0.400. The smallest absolute Gasteiger partial charge is 0.240 e. The largest absolute Gasteiger partial charge is 0.494 e. The molecular formula is C15H21N3O3S. The van der Waals surface area contributed by atoms with Gasteiger partial charge in [0, 0.05) is 24.8 Å². The van der Waals surface area contributed by atoms with Gasteiger partial charge in [-0.1, -0.05) is 0 Å². The maximum atomic E-state index is 12.3. The highest BCUT2D eigenvalue weighted by atomic mass is 32.2. The van der Waals surface area contributed by atoms with Crippen molar-refractivity contribution in [2.45, 2.75) is 32.2 Å². The molecule has 2 rings (SSSR count). The van der Waals surface area contributed by atoms with Crippen molar-refractivity contribution in [1.29, 1.82) is 0 Å². The van der Waals surface area contributed by atoms with Crippen LogP contribution in [0.4, 0.5) is 0 Å². The van der Waals surface area contributed by atoms with E-state index in [0.717, 1.165) is 17.0 Å². The predicted molar refractivity (Wildman–Crippen MR) is 84.3 cm³/mol. The van der Waals surface area contributed by atoms with Crippen LogP contribution in [0.3, 0.4) is 0 Å². The van der Waals surface area contributed by atoms with E-state index in [0.29, 0.717) is 12.4 Å². The van der Waals surface area contributed by atoms with E-state index in [-0.39, 0.29) is 11.4 Å². The third-order valence-electron chi connectivity index (χ3n) is 3.54. The van der Waals surface area contributed by atoms with Gasteiger partial charge in [0.25, 0.3) is 0 Å². The van der Waals surface area contributed by atoms with Gasteiger partial charge >= 0.3 is 0 Å². The predicted octanol–water partition coefficient (Wildman–Crippen LogP) is 1.91. The number of nitrogens with zero attached hydrogens (tertiary/aromatic N) is 2. The molecule has 0 saturated heterocycles. The highest BCUT2D eigenvalue weighted by Gasteiger charge is 2.16. The molecule has 0 aliphatic heterocycles. The van der Waals surface area contributed by atoms with E-state index in [9.17, 15) is 8.42 Å². The molecule has 6 nitrogen and oxygen atoms in total. The van der Waals surface area contributed by atoms with E-state index in [4.69, 9.17) is 4.74 Å². The second kappa shape index (κ2) is 6.50. The minimum Gasteiger partial charge on any atom is -0.494 e. The summed E-state index contributed by atoms with van der Waals surface area (Å²) in [5.41, 5.74) is 2.68. The Labute approximate surface area is 131 Å². The monoisotopic (exact) mass is 323 g/mol. The van der Waals surface area contributed by atoms with Gasteiger partial charge in [0.15, 0.2) is 0 Å². The van der Waals surface area contributed by atoms with Gasteiger partial charge in [0.1, 0.15) is 5.75 Å². The average molecular weight is 323 g/mol. The number of hydrogen-bond acceptors (Lipinski definition) is 4. The Morgan fingerprint density at radius 1 is 1.23 bits per heavy atom. The molecule has 0 aliphatic carbocycles. The van der Waals surface area contributed by atoms with Gasteiger partial charge in [-0.15, -0.1) is 0 Å². The SMILES string of the molecule is CCOc1ccc(S(=O)(=O)NCc2c(C)nn(C)c2C)cc1. The normalized spacial score (nSPS) is 11.6. The summed E-state index contributed by atoms with van der Waals surface area (Å²) in [5, 5.41) is 4.28. The van der Waals surface area contributed by atoms with Crippen molar-refractivity contribution < 1.29 is 13.2 Å². The summed E-state index contributed by atoms with van der Waals surface area (Å²) < 4.78 is 34.3. The van der Waals surface area contributed by atoms with E-state index < -0.39 is 10.0 Å². The number of sulfonamides is 1. The minimum atomic E-state index is -3.56. The fourth-order valence-electron chi connectivity index (χ4n) is 2.21. The zero-order valence-corrected chi connectivity index (χ0v) is 14.1. The summed E-state index contributed by atoms with van der Waals surface area (Å²) in [6, 6.07) is 6.38. The Bertz CT molecular complexity index is 749. The topological polar surface area (TPSA) is 73.2 Å². The molecule has 7 heteroatoms. The lowest BCUT2D eigenvalue weighted by atomic mass is 10.2. The lowest BCUT2D eigenvalue weighted by Crippen LogP contribution is -2.23. The van der Waals surface area contributed by atoms with Crippen LogP contribution in [-0.2, 0) is 23.6 Å². The van der Waals surface area contributed by atoms with Crippen molar-refractivity contribution in [3.05, 3.63) is 41.2 Å². The van der Waals surface area contributed by atoms with E-state index >= 15 is 0 Å². The number of nitrogens with one attached hydrogen (secondary N) is 1. The van der Waals surface area contributed by atoms with Crippen LogP contribution in [0.15, 0.2) is 29.2 Å². The quantitative estimate of drug-likeness (QED) is 0.881. The van der Waals surface area contributed by atoms with Crippen molar-refractivity contribution in [3.63, 3.8) is 0 Å². The molecule has 0 bridgehead atoms. The summed E-state index contributed by atoms with van der Waals surface area (Å²) >= 11 is 0. The van der Waals surface area contributed by atoms with E-state index in [2.05, 4.69) is 9.82 Å². The van der Waals surface area contributed by atoms with Crippen LogP contribution in [0.5, 0.6) is 5.75 Å². The summed E-state index contributed by atoms with van der Waals surface area (Å²) in [6.45, 7) is 6.43. The van der Waals surface area contributed by atoms with Crippen LogP contribution >= 0.6 is 0 Å². The second-order valence-electron chi connectivity index (χ2n) is 5.00. The molecule has 2 aromatic rings. The zero-order valence-electron chi connectivity index (χ0n) is 13.3. The molecule has 0 radical (unpaired) electrons. The molecule has 0 atom stereocenters. The van der Waals surface area contributed by atoms with Crippen LogP contribution in [0.2, 0.25) is 0 Å². The van der Waals surface area contributed by atoms with Crippen molar-refractivity contribution in [1.82, 2.24) is 14.5 Å². The third kappa shape index (κ3) is 3.48. The summed E-state index contributed by atoms with van der Waals surface area (Å²) in [7, 11) is -1.72. The van der Waals surface area contributed by atoms with Crippen LogP contribution in [0, 0.1) is 13.8 Å². The molecule has 22 heavy (non-hydrogen) atoms. The van der Waals surface area contributed by atoms with E-state index in [1.165, 1.54) is 12.1 Å². The molecule has 1 N–H and O–H groups in total. The first-order chi connectivity index (χ1) is 10.3. The third-order valence-corrected chi connectivity index (χ3v) is 4.96. The first kappa shape index (κ1) is 16.5. The number of hydrogen-bond donors (Lipinski definition) is 1. The number of ether oxygens (including phenoxy) is 1. The van der Waals surface area contributed by atoms with Gasteiger partial charge in [-0.25, -0.2) is 13.1 Å². The summed E-state index contributed by atoms with van der Waals surface area (Å²) in [5.74, 6) is 0.653. The maximum absolute atomic E-state index is 12.3. The van der Waals surface area contributed by atoms with Gasteiger partial charge in [-0.05, 0) is 45.0 Å². The fourth-order valence-corrected chi connectivity index (χ4v) is 3.20. The lowest BCUT2D eigenvalue weighted by molar-refractivity contribution is 0.340. The molecule has 0 spiro atoms. The molecule has 0 unspecified atom stereocenters. The molecule has 0 fully saturated rings. The molecule has 1 heterocycles. The molecule has 0 saturated carbocycles. The maximum Gasteiger partial charge on any atom is 0.240 e. The van der Waals surface area contributed by atoms with E-state index in [1.807, 2.05) is 27.8 Å². The van der Waals surface area contributed by atoms with Gasteiger partial charge in [-0.3, -0.25) is 4.68 Å². The van der Waals surface area contributed by atoms with Crippen LogP contribution in [0.1, 0.15) is 23.9 Å². The van der Waals surface area contributed by atoms with Gasteiger partial charge in [0.05, 0.1) is 17.2 Å².